The van der Waals surface area contributed by atoms with E-state index in [1.165, 1.54) is 0 Å². The van der Waals surface area contributed by atoms with Crippen LogP contribution in [0.2, 0.25) is 0 Å². The molecule has 3 nitrogen and oxygen atoms in total. The van der Waals surface area contributed by atoms with Gasteiger partial charge in [-0.05, 0) is 13.8 Å². The van der Waals surface area contributed by atoms with Crippen molar-refractivity contribution in [2.24, 2.45) is 0 Å². The molecule has 0 rings (SSSR count). The number of rotatable bonds is 4. The summed E-state index contributed by atoms with van der Waals surface area (Å²) in [4.78, 5) is 0. The summed E-state index contributed by atoms with van der Waals surface area (Å²) in [6.45, 7) is 0.804. The van der Waals surface area contributed by atoms with Crippen LogP contribution in [0.3, 0.4) is 0 Å². The molecule has 0 N–H and O–H groups in total. The van der Waals surface area contributed by atoms with Crippen molar-refractivity contribution in [1.82, 2.24) is 0 Å². The molecule has 76 valence electrons. The minimum Gasteiger partial charge on any atom is -0.311 e. The third kappa shape index (κ3) is 22.5. The Kier molecular flexibility index (Phi) is 13.2. The second-order valence-corrected chi connectivity index (χ2v) is 2.44. The van der Waals surface area contributed by atoms with E-state index in [0.29, 0.717) is 13.2 Å². The first-order chi connectivity index (χ1) is 5.54. The molecule has 7 heteroatoms. The van der Waals surface area contributed by atoms with E-state index in [-0.39, 0.29) is 0 Å². The fourth-order valence-electron chi connectivity index (χ4n) is 0.277. The van der Waals surface area contributed by atoms with Crippen LogP contribution in [0.5, 0.6) is 0 Å². The molecule has 0 fully saturated rings. The molecule has 0 saturated heterocycles. The molecule has 0 bridgehead atoms. The molecule has 0 spiro atoms. The van der Waals surface area contributed by atoms with E-state index in [9.17, 15) is 17.7 Å². The Bertz CT molecular complexity index is 101. The molecular weight excluding hydrogens is 196 g/mol. The number of halogens is 3. The molecular formula is C5H12F3O3P. The van der Waals surface area contributed by atoms with Crippen molar-refractivity contribution in [1.29, 1.82) is 0 Å². The standard InChI is InChI=1S/C4H11O3P.CHF3/c1-3-6-8(5)7-4-2;2-1(3)4/h8H,3-4H2,1-2H3;1H. The molecule has 0 aliphatic rings. The largest absolute Gasteiger partial charge is 0.379 e. The average Bonchev–Trinajstić information content (AvgIpc) is 1.87. The average molecular weight is 208 g/mol. The van der Waals surface area contributed by atoms with Gasteiger partial charge >= 0.3 is 14.9 Å². The highest BCUT2D eigenvalue weighted by atomic mass is 31.1. The molecule has 0 aliphatic carbocycles. The predicted octanol–water partition coefficient (Wildman–Crippen LogP) is 2.63. The van der Waals surface area contributed by atoms with E-state index in [2.05, 4.69) is 9.05 Å². The lowest BCUT2D eigenvalue weighted by Crippen LogP contribution is -1.81. The maximum Gasteiger partial charge on any atom is 0.379 e. The van der Waals surface area contributed by atoms with E-state index in [1.54, 1.807) is 13.8 Å². The molecule has 0 aromatic carbocycles. The van der Waals surface area contributed by atoms with Gasteiger partial charge in [-0.3, -0.25) is 4.57 Å². The van der Waals surface area contributed by atoms with Crippen LogP contribution in [0.1, 0.15) is 13.8 Å². The van der Waals surface area contributed by atoms with E-state index in [1.807, 2.05) is 0 Å². The second-order valence-electron chi connectivity index (χ2n) is 1.36. The third-order valence-electron chi connectivity index (χ3n) is 0.524. The van der Waals surface area contributed by atoms with Crippen molar-refractivity contribution in [3.05, 3.63) is 0 Å². The van der Waals surface area contributed by atoms with E-state index >= 15 is 0 Å². The molecule has 0 unspecified atom stereocenters. The van der Waals surface area contributed by atoms with Gasteiger partial charge in [0.25, 0.3) is 0 Å². The van der Waals surface area contributed by atoms with Crippen LogP contribution in [-0.2, 0) is 13.6 Å². The molecule has 0 aliphatic heterocycles. The van der Waals surface area contributed by atoms with Gasteiger partial charge in [0, 0.05) is 0 Å². The lowest BCUT2D eigenvalue weighted by atomic mass is 10.9. The van der Waals surface area contributed by atoms with Gasteiger partial charge in [0.1, 0.15) is 0 Å². The lowest BCUT2D eigenvalue weighted by Gasteiger charge is -1.97. The summed E-state index contributed by atoms with van der Waals surface area (Å²) in [5.41, 5.74) is 0. The Labute approximate surface area is 69.8 Å². The van der Waals surface area contributed by atoms with Gasteiger partial charge in [0.15, 0.2) is 0 Å². The maximum atomic E-state index is 10.4. The van der Waals surface area contributed by atoms with Crippen LogP contribution < -0.4 is 0 Å². The van der Waals surface area contributed by atoms with Crippen LogP contribution in [-0.4, -0.2) is 19.9 Å². The summed E-state index contributed by atoms with van der Waals surface area (Å²) >= 11 is 0. The summed E-state index contributed by atoms with van der Waals surface area (Å²) in [6, 6.07) is 0. The topological polar surface area (TPSA) is 35.5 Å². The lowest BCUT2D eigenvalue weighted by molar-refractivity contribution is 0.00819. The first-order valence-electron chi connectivity index (χ1n) is 3.26. The first-order valence-corrected chi connectivity index (χ1v) is 4.48. The second kappa shape index (κ2) is 10.9. The molecule has 0 amide bonds. The summed E-state index contributed by atoms with van der Waals surface area (Å²) < 4.78 is 48.6. The molecule has 0 heterocycles. The highest BCUT2D eigenvalue weighted by Crippen LogP contribution is 2.21. The monoisotopic (exact) mass is 208 g/mol. The van der Waals surface area contributed by atoms with Crippen molar-refractivity contribution < 1.29 is 26.8 Å². The van der Waals surface area contributed by atoms with Crippen molar-refractivity contribution in [3.8, 4) is 0 Å². The fourth-order valence-corrected chi connectivity index (χ4v) is 0.832. The Morgan fingerprint density at radius 3 is 1.58 bits per heavy atom. The van der Waals surface area contributed by atoms with E-state index in [4.69, 9.17) is 0 Å². The summed E-state index contributed by atoms with van der Waals surface area (Å²) in [7, 11) is -2.14. The highest BCUT2D eigenvalue weighted by molar-refractivity contribution is 7.33. The van der Waals surface area contributed by atoms with E-state index in [0.717, 1.165) is 0 Å². The molecule has 0 atom stereocenters. The fraction of sp³-hybridized carbons (Fsp3) is 1.00. The van der Waals surface area contributed by atoms with Crippen molar-refractivity contribution >= 4 is 8.25 Å². The SMILES string of the molecule is CCO[PH](=O)OCC.FC(F)F. The third-order valence-corrected chi connectivity index (χ3v) is 1.57. The first kappa shape index (κ1) is 14.5. The van der Waals surface area contributed by atoms with Gasteiger partial charge in [-0.25, -0.2) is 0 Å². The van der Waals surface area contributed by atoms with Gasteiger partial charge in [-0.2, -0.15) is 13.2 Å². The van der Waals surface area contributed by atoms with Gasteiger partial charge in [0.2, 0.25) is 0 Å². The number of hydrogen-bond acceptors (Lipinski definition) is 3. The van der Waals surface area contributed by atoms with Gasteiger partial charge in [0.05, 0.1) is 13.2 Å². The molecule has 0 saturated carbocycles. The minimum absolute atomic E-state index is 0.456. The Balaban J connectivity index is 0. The van der Waals surface area contributed by atoms with Crippen LogP contribution in [0.15, 0.2) is 0 Å². The Morgan fingerprint density at radius 1 is 1.17 bits per heavy atom. The van der Waals surface area contributed by atoms with Crippen molar-refractivity contribution in [3.63, 3.8) is 0 Å². The number of hydrogen-bond donors (Lipinski definition) is 0. The van der Waals surface area contributed by atoms with E-state index < -0.39 is 14.9 Å². The predicted molar refractivity (Wildman–Crippen MR) is 39.4 cm³/mol. The molecule has 0 radical (unpaired) electrons. The maximum absolute atomic E-state index is 10.4. The Hall–Kier alpha value is -0.0600. The highest BCUT2D eigenvalue weighted by Gasteiger charge is 1.91. The zero-order valence-electron chi connectivity index (χ0n) is 6.85. The zero-order valence-corrected chi connectivity index (χ0v) is 7.85. The summed E-state index contributed by atoms with van der Waals surface area (Å²) in [6.07, 6.45) is 0. The van der Waals surface area contributed by atoms with Crippen molar-refractivity contribution in [2.45, 2.75) is 20.5 Å². The normalized spacial score (nSPS) is 9.92. The molecule has 0 aromatic heterocycles. The summed E-state index contributed by atoms with van der Waals surface area (Å²) in [5, 5.41) is 0. The number of alkyl halides is 3. The quantitative estimate of drug-likeness (QED) is 0.666. The smallest absolute Gasteiger partial charge is 0.311 e. The molecule has 0 aromatic rings. The van der Waals surface area contributed by atoms with Crippen molar-refractivity contribution in [2.75, 3.05) is 13.2 Å². The van der Waals surface area contributed by atoms with Crippen LogP contribution >= 0.6 is 8.25 Å². The minimum atomic E-state index is -3.67. The Morgan fingerprint density at radius 2 is 1.42 bits per heavy atom. The van der Waals surface area contributed by atoms with Crippen LogP contribution in [0.4, 0.5) is 13.2 Å². The van der Waals surface area contributed by atoms with Crippen LogP contribution in [0, 0.1) is 0 Å². The van der Waals surface area contributed by atoms with Gasteiger partial charge < -0.3 is 9.05 Å². The zero-order chi connectivity index (χ0) is 9.98. The van der Waals surface area contributed by atoms with Crippen LogP contribution in [0.25, 0.3) is 0 Å². The van der Waals surface area contributed by atoms with Gasteiger partial charge in [-0.1, -0.05) is 0 Å². The molecule has 12 heavy (non-hydrogen) atoms. The van der Waals surface area contributed by atoms with Gasteiger partial charge in [-0.15, -0.1) is 0 Å². The summed E-state index contributed by atoms with van der Waals surface area (Å²) in [5.74, 6) is 0.